The van der Waals surface area contributed by atoms with E-state index in [4.69, 9.17) is 14.2 Å². The number of ether oxygens (including phenoxy) is 3. The molecule has 0 fully saturated rings. The molecule has 158 valence electrons. The van der Waals surface area contributed by atoms with Crippen LogP contribution < -0.4 is 5.32 Å². The first kappa shape index (κ1) is 22.1. The average molecular weight is 410 g/mol. The number of nitrogens with zero attached hydrogens (tertiary/aromatic N) is 5. The van der Waals surface area contributed by atoms with Gasteiger partial charge in [0.15, 0.2) is 5.69 Å². The van der Waals surface area contributed by atoms with Gasteiger partial charge in [0.25, 0.3) is 11.4 Å². The summed E-state index contributed by atoms with van der Waals surface area (Å²) in [5, 5.41) is 32.8. The molecule has 0 saturated carbocycles. The summed E-state index contributed by atoms with van der Waals surface area (Å²) in [4.78, 5) is 20.8. The van der Waals surface area contributed by atoms with Crippen LogP contribution in [0.3, 0.4) is 0 Å². The predicted octanol–water partition coefficient (Wildman–Crippen LogP) is 1.39. The van der Waals surface area contributed by atoms with E-state index < -0.39 is 9.85 Å². The van der Waals surface area contributed by atoms with Gasteiger partial charge in [-0.2, -0.15) is 0 Å². The predicted molar refractivity (Wildman–Crippen MR) is 101 cm³/mol. The highest BCUT2D eigenvalue weighted by Gasteiger charge is 2.24. The third-order valence-electron chi connectivity index (χ3n) is 3.69. The molecule has 0 unspecified atom stereocenters. The second-order valence-corrected chi connectivity index (χ2v) is 5.74. The topological polar surface area (TPSA) is 157 Å². The van der Waals surface area contributed by atoms with Crippen LogP contribution in [0.5, 0.6) is 0 Å². The zero-order chi connectivity index (χ0) is 21.1. The third kappa shape index (κ3) is 7.06. The van der Waals surface area contributed by atoms with Crippen LogP contribution in [0.2, 0.25) is 0 Å². The standard InChI is InChI=1S/C16H22N6O7/c1-27-9-10-28-8-6-20-11-13(18-19-20)12-29-7-5-17-16-14(21(23)24)3-2-4-15(16)22(25)26/h2-4,11,17H,5-10,12H2,1H3. The van der Waals surface area contributed by atoms with E-state index in [9.17, 15) is 20.2 Å². The average Bonchev–Trinajstić information content (AvgIpc) is 3.15. The van der Waals surface area contributed by atoms with Gasteiger partial charge in [-0.15, -0.1) is 5.10 Å². The normalized spacial score (nSPS) is 10.8. The number of hydrogen-bond acceptors (Lipinski definition) is 10. The van der Waals surface area contributed by atoms with Crippen molar-refractivity contribution in [3.05, 3.63) is 50.3 Å². The van der Waals surface area contributed by atoms with Gasteiger partial charge in [-0.1, -0.05) is 5.21 Å². The van der Waals surface area contributed by atoms with Gasteiger partial charge in [0.2, 0.25) is 0 Å². The Hall–Kier alpha value is -3.16. The number of nitro benzene ring substituents is 2. The number of aromatic nitrogens is 3. The Morgan fingerprint density at radius 1 is 1.07 bits per heavy atom. The molecule has 13 heteroatoms. The van der Waals surface area contributed by atoms with Gasteiger partial charge in [0.05, 0.1) is 55.6 Å². The molecule has 0 aliphatic carbocycles. The van der Waals surface area contributed by atoms with E-state index in [0.29, 0.717) is 32.1 Å². The summed E-state index contributed by atoms with van der Waals surface area (Å²) in [5.74, 6) is 0. The van der Waals surface area contributed by atoms with Gasteiger partial charge in [-0.3, -0.25) is 20.2 Å². The molecule has 2 aromatic rings. The molecule has 1 aromatic heterocycles. The first-order valence-corrected chi connectivity index (χ1v) is 8.72. The minimum atomic E-state index is -0.673. The monoisotopic (exact) mass is 410 g/mol. The number of hydrogen-bond donors (Lipinski definition) is 1. The highest BCUT2D eigenvalue weighted by atomic mass is 16.6. The molecule has 29 heavy (non-hydrogen) atoms. The molecule has 13 nitrogen and oxygen atoms in total. The SMILES string of the molecule is COCCOCCn1cc(COCCNc2c([N+](=O)[O-])cccc2[N+](=O)[O-])nn1. The van der Waals surface area contributed by atoms with E-state index in [0.717, 1.165) is 0 Å². The molecule has 0 amide bonds. The van der Waals surface area contributed by atoms with Crippen molar-refractivity contribution >= 4 is 17.1 Å². The highest BCUT2D eigenvalue weighted by Crippen LogP contribution is 2.33. The second kappa shape index (κ2) is 11.6. The van der Waals surface area contributed by atoms with Gasteiger partial charge in [-0.25, -0.2) is 4.68 Å². The molecule has 0 aliphatic heterocycles. The van der Waals surface area contributed by atoms with Crippen LogP contribution in [-0.4, -0.2) is 64.9 Å². The maximum atomic E-state index is 11.1. The number of benzene rings is 1. The first-order valence-electron chi connectivity index (χ1n) is 8.72. The van der Waals surface area contributed by atoms with Crippen LogP contribution in [0, 0.1) is 20.2 Å². The van der Waals surface area contributed by atoms with Crippen LogP contribution >= 0.6 is 0 Å². The molecule has 0 spiro atoms. The lowest BCUT2D eigenvalue weighted by molar-refractivity contribution is -0.392. The Bertz CT molecular complexity index is 781. The molecule has 1 heterocycles. The van der Waals surface area contributed by atoms with Crippen molar-refractivity contribution in [1.29, 1.82) is 0 Å². The maximum Gasteiger partial charge on any atom is 0.299 e. The Labute approximate surface area is 165 Å². The van der Waals surface area contributed by atoms with Crippen molar-refractivity contribution in [1.82, 2.24) is 15.0 Å². The maximum absolute atomic E-state index is 11.1. The Morgan fingerprint density at radius 3 is 2.45 bits per heavy atom. The molecule has 1 N–H and O–H groups in total. The second-order valence-electron chi connectivity index (χ2n) is 5.74. The van der Waals surface area contributed by atoms with Crippen LogP contribution in [0.4, 0.5) is 17.1 Å². The minimum Gasteiger partial charge on any atom is -0.382 e. The van der Waals surface area contributed by atoms with Gasteiger partial charge < -0.3 is 19.5 Å². The van der Waals surface area contributed by atoms with E-state index in [1.807, 2.05) is 0 Å². The van der Waals surface area contributed by atoms with E-state index in [2.05, 4.69) is 15.6 Å². The summed E-state index contributed by atoms with van der Waals surface area (Å²) in [6.45, 7) is 2.55. The van der Waals surface area contributed by atoms with Crippen LogP contribution in [0.1, 0.15) is 5.69 Å². The number of nitrogens with one attached hydrogen (secondary N) is 1. The number of anilines is 1. The highest BCUT2D eigenvalue weighted by molar-refractivity contribution is 5.73. The van der Waals surface area contributed by atoms with E-state index in [1.165, 1.54) is 18.2 Å². The van der Waals surface area contributed by atoms with Crippen molar-refractivity contribution in [2.45, 2.75) is 13.2 Å². The molecule has 1 aromatic carbocycles. The summed E-state index contributed by atoms with van der Waals surface area (Å²) in [5.41, 5.74) is -0.270. The molecule has 0 bridgehead atoms. The Kier molecular flexibility index (Phi) is 8.88. The van der Waals surface area contributed by atoms with E-state index >= 15 is 0 Å². The number of methoxy groups -OCH3 is 1. The zero-order valence-corrected chi connectivity index (χ0v) is 15.9. The van der Waals surface area contributed by atoms with Crippen LogP contribution in [-0.2, 0) is 27.4 Å². The molecule has 0 atom stereocenters. The smallest absolute Gasteiger partial charge is 0.299 e. The Balaban J connectivity index is 1.75. The van der Waals surface area contributed by atoms with Crippen molar-refractivity contribution in [2.24, 2.45) is 0 Å². The molecule has 0 radical (unpaired) electrons. The van der Waals surface area contributed by atoms with Crippen LogP contribution in [0.25, 0.3) is 0 Å². The van der Waals surface area contributed by atoms with Crippen molar-refractivity contribution < 1.29 is 24.1 Å². The minimum absolute atomic E-state index is 0.146. The fraction of sp³-hybridized carbons (Fsp3) is 0.500. The Morgan fingerprint density at radius 2 is 1.79 bits per heavy atom. The quantitative estimate of drug-likeness (QED) is 0.274. The van der Waals surface area contributed by atoms with Gasteiger partial charge in [0.1, 0.15) is 5.69 Å². The molecule has 2 rings (SSSR count). The van der Waals surface area contributed by atoms with Gasteiger partial charge in [0, 0.05) is 25.8 Å². The lowest BCUT2D eigenvalue weighted by Crippen LogP contribution is -2.12. The number of para-hydroxylation sites is 1. The summed E-state index contributed by atoms with van der Waals surface area (Å²) in [6, 6.07) is 3.67. The summed E-state index contributed by atoms with van der Waals surface area (Å²) >= 11 is 0. The lowest BCUT2D eigenvalue weighted by atomic mass is 10.2. The number of rotatable bonds is 14. The van der Waals surface area contributed by atoms with Crippen molar-refractivity contribution in [3.8, 4) is 0 Å². The molecular weight excluding hydrogens is 388 g/mol. The molecule has 0 saturated heterocycles. The number of nitro groups is 2. The van der Waals surface area contributed by atoms with Gasteiger partial charge in [-0.05, 0) is 6.07 Å². The molecule has 0 aliphatic rings. The fourth-order valence-electron chi connectivity index (χ4n) is 2.35. The fourth-order valence-corrected chi connectivity index (χ4v) is 2.35. The first-order chi connectivity index (χ1) is 14.0. The van der Waals surface area contributed by atoms with Gasteiger partial charge >= 0.3 is 0 Å². The summed E-state index contributed by atoms with van der Waals surface area (Å²) in [7, 11) is 1.60. The van der Waals surface area contributed by atoms with Crippen LogP contribution in [0.15, 0.2) is 24.4 Å². The van der Waals surface area contributed by atoms with Crippen molar-refractivity contribution in [2.75, 3.05) is 45.4 Å². The summed E-state index contributed by atoms with van der Waals surface area (Å²) in [6.07, 6.45) is 1.72. The third-order valence-corrected chi connectivity index (χ3v) is 3.69. The summed E-state index contributed by atoms with van der Waals surface area (Å²) < 4.78 is 17.3. The lowest BCUT2D eigenvalue weighted by Gasteiger charge is -2.07. The largest absolute Gasteiger partial charge is 0.382 e. The molecular formula is C16H22N6O7. The van der Waals surface area contributed by atoms with Crippen molar-refractivity contribution in [3.63, 3.8) is 0 Å². The zero-order valence-electron chi connectivity index (χ0n) is 15.9. The van der Waals surface area contributed by atoms with E-state index in [-0.39, 0.29) is 36.8 Å². The van der Waals surface area contributed by atoms with E-state index in [1.54, 1.807) is 18.0 Å².